The van der Waals surface area contributed by atoms with Crippen molar-refractivity contribution in [3.05, 3.63) is 53.9 Å². The van der Waals surface area contributed by atoms with Gasteiger partial charge in [-0.25, -0.2) is 4.68 Å². The van der Waals surface area contributed by atoms with E-state index in [4.69, 9.17) is 9.47 Å². The van der Waals surface area contributed by atoms with Crippen LogP contribution < -0.4 is 14.8 Å². The van der Waals surface area contributed by atoms with Crippen molar-refractivity contribution < 1.29 is 19.1 Å². The Balaban J connectivity index is 1.49. The van der Waals surface area contributed by atoms with Crippen LogP contribution in [0.2, 0.25) is 0 Å². The summed E-state index contributed by atoms with van der Waals surface area (Å²) in [6.07, 6.45) is 2.86. The quantitative estimate of drug-likeness (QED) is 0.589. The molecule has 2 aromatic heterocycles. The Hall–Kier alpha value is -3.95. The predicted octanol–water partition coefficient (Wildman–Crippen LogP) is 2.62. The van der Waals surface area contributed by atoms with Crippen LogP contribution in [0.15, 0.2) is 42.6 Å². The second-order valence-electron chi connectivity index (χ2n) is 7.59. The number of aromatic nitrogens is 4. The van der Waals surface area contributed by atoms with Gasteiger partial charge in [0.25, 0.3) is 5.91 Å². The third-order valence-electron chi connectivity index (χ3n) is 5.55. The average Bonchev–Trinajstić information content (AvgIpc) is 3.47. The van der Waals surface area contributed by atoms with Crippen molar-refractivity contribution in [2.24, 2.45) is 0 Å². The van der Waals surface area contributed by atoms with Gasteiger partial charge in [-0.15, -0.1) is 10.2 Å². The molecule has 2 amide bonds. The van der Waals surface area contributed by atoms with E-state index in [0.29, 0.717) is 54.0 Å². The van der Waals surface area contributed by atoms with Crippen molar-refractivity contribution in [1.29, 1.82) is 0 Å². The first-order chi connectivity index (χ1) is 16.0. The number of nitrogens with zero attached hydrogens (tertiary/aromatic N) is 5. The molecule has 172 valence electrons. The maximum absolute atomic E-state index is 13.3. The Bertz CT molecular complexity index is 1130. The number of amides is 2. The van der Waals surface area contributed by atoms with E-state index in [0.717, 1.165) is 6.42 Å². The van der Waals surface area contributed by atoms with E-state index < -0.39 is 6.04 Å². The summed E-state index contributed by atoms with van der Waals surface area (Å²) in [5, 5.41) is 15.4. The number of likely N-dealkylation sites (tertiary alicyclic amines) is 1. The van der Waals surface area contributed by atoms with Crippen molar-refractivity contribution >= 4 is 17.5 Å². The van der Waals surface area contributed by atoms with E-state index in [1.807, 2.05) is 6.92 Å². The zero-order chi connectivity index (χ0) is 23.4. The molecule has 4 rings (SSSR count). The molecule has 1 aliphatic rings. The van der Waals surface area contributed by atoms with Crippen LogP contribution >= 0.6 is 0 Å². The van der Waals surface area contributed by atoms with Crippen LogP contribution in [0.1, 0.15) is 35.8 Å². The van der Waals surface area contributed by atoms with Gasteiger partial charge in [0, 0.05) is 18.3 Å². The first kappa shape index (κ1) is 22.3. The fraction of sp³-hybridized carbons (Fsp3) is 0.348. The van der Waals surface area contributed by atoms with Crippen LogP contribution in [0.4, 0.5) is 5.69 Å². The minimum absolute atomic E-state index is 0.214. The molecule has 1 atom stereocenters. The highest BCUT2D eigenvalue weighted by atomic mass is 16.5. The topological polar surface area (TPSA) is 111 Å². The van der Waals surface area contributed by atoms with Gasteiger partial charge in [-0.05, 0) is 57.0 Å². The van der Waals surface area contributed by atoms with Gasteiger partial charge in [-0.2, -0.15) is 5.10 Å². The number of carbonyl (C=O) groups is 2. The van der Waals surface area contributed by atoms with Crippen molar-refractivity contribution in [3.63, 3.8) is 0 Å². The Morgan fingerprint density at radius 1 is 1.15 bits per heavy atom. The molecule has 1 aliphatic heterocycles. The standard InChI is InChI=1S/C23H26N6O4/c1-4-33-21-12-11-20(26-27-21)29-15(2)18(14-24-29)23(31)28-13-5-6-19(28)22(30)25-16-7-9-17(32-3)10-8-16/h7-12,14,19H,4-6,13H2,1-3H3,(H,25,30). The van der Waals surface area contributed by atoms with Crippen LogP contribution in [-0.2, 0) is 4.79 Å². The highest BCUT2D eigenvalue weighted by molar-refractivity contribution is 6.02. The Kier molecular flexibility index (Phi) is 6.53. The SMILES string of the molecule is CCOc1ccc(-n2ncc(C(=O)N3CCCC3C(=O)Nc3ccc(OC)cc3)c2C)nn1. The average molecular weight is 450 g/mol. The molecule has 1 N–H and O–H groups in total. The third-order valence-corrected chi connectivity index (χ3v) is 5.55. The lowest BCUT2D eigenvalue weighted by atomic mass is 10.1. The number of ether oxygens (including phenoxy) is 2. The summed E-state index contributed by atoms with van der Waals surface area (Å²) in [6, 6.07) is 9.96. The largest absolute Gasteiger partial charge is 0.497 e. The molecule has 1 aromatic carbocycles. The monoisotopic (exact) mass is 450 g/mol. The first-order valence-electron chi connectivity index (χ1n) is 10.8. The highest BCUT2D eigenvalue weighted by Gasteiger charge is 2.36. The maximum Gasteiger partial charge on any atom is 0.258 e. The smallest absolute Gasteiger partial charge is 0.258 e. The van der Waals surface area contributed by atoms with E-state index in [-0.39, 0.29) is 11.8 Å². The molecule has 33 heavy (non-hydrogen) atoms. The number of methoxy groups -OCH3 is 1. The molecule has 1 saturated heterocycles. The van der Waals surface area contributed by atoms with E-state index in [1.165, 1.54) is 6.20 Å². The van der Waals surface area contributed by atoms with Gasteiger partial charge in [0.1, 0.15) is 11.8 Å². The van der Waals surface area contributed by atoms with Crippen molar-refractivity contribution in [1.82, 2.24) is 24.9 Å². The minimum atomic E-state index is -0.549. The zero-order valence-electron chi connectivity index (χ0n) is 18.8. The fourth-order valence-corrected chi connectivity index (χ4v) is 3.84. The van der Waals surface area contributed by atoms with E-state index in [2.05, 4.69) is 20.6 Å². The third kappa shape index (κ3) is 4.64. The summed E-state index contributed by atoms with van der Waals surface area (Å²) < 4.78 is 12.0. The van der Waals surface area contributed by atoms with E-state index in [1.54, 1.807) is 60.0 Å². The second-order valence-corrected chi connectivity index (χ2v) is 7.59. The van der Waals surface area contributed by atoms with Gasteiger partial charge in [0.2, 0.25) is 11.8 Å². The molecule has 0 bridgehead atoms. The van der Waals surface area contributed by atoms with Crippen LogP contribution in [0, 0.1) is 6.92 Å². The predicted molar refractivity (Wildman–Crippen MR) is 121 cm³/mol. The van der Waals surface area contributed by atoms with Gasteiger partial charge in [0.05, 0.1) is 31.2 Å². The van der Waals surface area contributed by atoms with Gasteiger partial charge >= 0.3 is 0 Å². The number of rotatable bonds is 7. The Morgan fingerprint density at radius 3 is 2.61 bits per heavy atom. The maximum atomic E-state index is 13.3. The summed E-state index contributed by atoms with van der Waals surface area (Å²) in [4.78, 5) is 27.9. The Labute approximate surface area is 191 Å². The van der Waals surface area contributed by atoms with Crippen LogP contribution in [0.3, 0.4) is 0 Å². The van der Waals surface area contributed by atoms with Gasteiger partial charge in [-0.3, -0.25) is 9.59 Å². The van der Waals surface area contributed by atoms with Gasteiger partial charge in [-0.1, -0.05) is 0 Å². The normalized spacial score (nSPS) is 15.4. The summed E-state index contributed by atoms with van der Waals surface area (Å²) in [5.74, 6) is 1.16. The zero-order valence-corrected chi connectivity index (χ0v) is 18.8. The molecule has 10 heteroatoms. The molecular formula is C23H26N6O4. The highest BCUT2D eigenvalue weighted by Crippen LogP contribution is 2.24. The number of benzene rings is 1. The molecular weight excluding hydrogens is 424 g/mol. The lowest BCUT2D eigenvalue weighted by molar-refractivity contribution is -0.119. The van der Waals surface area contributed by atoms with Crippen LogP contribution in [0.25, 0.3) is 5.82 Å². The summed E-state index contributed by atoms with van der Waals surface area (Å²) >= 11 is 0. The number of carbonyl (C=O) groups excluding carboxylic acids is 2. The molecule has 10 nitrogen and oxygen atoms in total. The molecule has 0 aliphatic carbocycles. The second kappa shape index (κ2) is 9.68. The van der Waals surface area contributed by atoms with Crippen molar-refractivity contribution in [2.45, 2.75) is 32.7 Å². The number of nitrogens with one attached hydrogen (secondary N) is 1. The van der Waals surface area contributed by atoms with Gasteiger partial charge < -0.3 is 19.7 Å². The first-order valence-corrected chi connectivity index (χ1v) is 10.8. The molecule has 0 radical (unpaired) electrons. The lowest BCUT2D eigenvalue weighted by Crippen LogP contribution is -2.43. The number of hydrogen-bond acceptors (Lipinski definition) is 7. The molecule has 0 spiro atoms. The van der Waals surface area contributed by atoms with Crippen LogP contribution in [0.5, 0.6) is 11.6 Å². The summed E-state index contributed by atoms with van der Waals surface area (Å²) in [7, 11) is 1.59. The molecule has 1 fully saturated rings. The molecule has 0 saturated carbocycles. The molecule has 3 heterocycles. The van der Waals surface area contributed by atoms with Crippen molar-refractivity contribution in [2.75, 3.05) is 25.6 Å². The van der Waals surface area contributed by atoms with Crippen LogP contribution in [-0.4, -0.2) is 63.0 Å². The minimum Gasteiger partial charge on any atom is -0.497 e. The molecule has 1 unspecified atom stereocenters. The summed E-state index contributed by atoms with van der Waals surface area (Å²) in [5.41, 5.74) is 1.70. The fourth-order valence-electron chi connectivity index (χ4n) is 3.84. The number of anilines is 1. The van der Waals surface area contributed by atoms with Crippen molar-refractivity contribution in [3.8, 4) is 17.4 Å². The summed E-state index contributed by atoms with van der Waals surface area (Å²) in [6.45, 7) is 4.67. The van der Waals surface area contributed by atoms with E-state index in [9.17, 15) is 9.59 Å². The lowest BCUT2D eigenvalue weighted by Gasteiger charge is -2.24. The molecule has 3 aromatic rings. The van der Waals surface area contributed by atoms with E-state index >= 15 is 0 Å². The number of hydrogen-bond donors (Lipinski definition) is 1. The van der Waals surface area contributed by atoms with Gasteiger partial charge in [0.15, 0.2) is 5.82 Å². The Morgan fingerprint density at radius 2 is 1.94 bits per heavy atom.